The van der Waals surface area contributed by atoms with Gasteiger partial charge in [0.1, 0.15) is 5.65 Å². The molecule has 1 amide bonds. The standard InChI is InChI=1S/C18H17N3O2/c22-12-16-15-4-2-1-3-13(15)6-9-21(16)18(23)14-5-8-20-10-7-19-17(20)11-14/h1-5,7-8,10-11,16,22H,6,9,12H2. The summed E-state index contributed by atoms with van der Waals surface area (Å²) in [7, 11) is 0. The molecule has 0 saturated heterocycles. The lowest BCUT2D eigenvalue weighted by Gasteiger charge is -2.36. The van der Waals surface area contributed by atoms with Gasteiger partial charge in [0.05, 0.1) is 12.6 Å². The van der Waals surface area contributed by atoms with Gasteiger partial charge in [0.2, 0.25) is 0 Å². The number of rotatable bonds is 2. The van der Waals surface area contributed by atoms with Crippen LogP contribution in [0.4, 0.5) is 0 Å². The second kappa shape index (κ2) is 5.52. The second-order valence-corrected chi connectivity index (χ2v) is 5.75. The first kappa shape index (κ1) is 14.0. The van der Waals surface area contributed by atoms with Crippen molar-refractivity contribution in [1.29, 1.82) is 0 Å². The van der Waals surface area contributed by atoms with E-state index >= 15 is 0 Å². The normalized spacial score (nSPS) is 17.3. The Kier molecular flexibility index (Phi) is 3.35. The third-order valence-corrected chi connectivity index (χ3v) is 4.49. The van der Waals surface area contributed by atoms with Crippen LogP contribution in [0.3, 0.4) is 0 Å². The molecule has 0 radical (unpaired) electrons. The average Bonchev–Trinajstić information content (AvgIpc) is 3.07. The fourth-order valence-corrected chi connectivity index (χ4v) is 3.30. The van der Waals surface area contributed by atoms with Gasteiger partial charge in [-0.1, -0.05) is 24.3 Å². The van der Waals surface area contributed by atoms with Gasteiger partial charge in [0.25, 0.3) is 5.91 Å². The number of amides is 1. The van der Waals surface area contributed by atoms with Gasteiger partial charge in [-0.05, 0) is 29.7 Å². The molecular weight excluding hydrogens is 290 g/mol. The minimum absolute atomic E-state index is 0.0657. The fourth-order valence-electron chi connectivity index (χ4n) is 3.30. The summed E-state index contributed by atoms with van der Waals surface area (Å²) in [6, 6.07) is 11.3. The van der Waals surface area contributed by atoms with Crippen molar-refractivity contribution in [1.82, 2.24) is 14.3 Å². The monoisotopic (exact) mass is 307 g/mol. The number of imidazole rings is 1. The highest BCUT2D eigenvalue weighted by atomic mass is 16.3. The summed E-state index contributed by atoms with van der Waals surface area (Å²) in [6.45, 7) is 0.537. The minimum Gasteiger partial charge on any atom is -0.394 e. The average molecular weight is 307 g/mol. The molecule has 0 bridgehead atoms. The largest absolute Gasteiger partial charge is 0.394 e. The molecule has 0 fully saturated rings. The van der Waals surface area contributed by atoms with E-state index in [0.29, 0.717) is 12.1 Å². The molecule has 23 heavy (non-hydrogen) atoms. The first-order valence-electron chi connectivity index (χ1n) is 7.70. The van der Waals surface area contributed by atoms with Crippen molar-refractivity contribution in [2.75, 3.05) is 13.2 Å². The van der Waals surface area contributed by atoms with Gasteiger partial charge in [0, 0.05) is 30.7 Å². The Labute approximate surface area is 133 Å². The first-order chi connectivity index (χ1) is 11.3. The van der Waals surface area contributed by atoms with E-state index in [9.17, 15) is 9.90 Å². The molecule has 116 valence electrons. The van der Waals surface area contributed by atoms with E-state index in [2.05, 4.69) is 11.1 Å². The maximum absolute atomic E-state index is 12.9. The SMILES string of the molecule is O=C(c1ccn2ccnc2c1)N1CCc2ccccc2C1CO. The Bertz CT molecular complexity index is 871. The number of fused-ring (bicyclic) bond motifs is 2. The molecule has 5 nitrogen and oxygen atoms in total. The third kappa shape index (κ3) is 2.29. The Morgan fingerprint density at radius 1 is 1.26 bits per heavy atom. The maximum atomic E-state index is 12.9. The van der Waals surface area contributed by atoms with E-state index in [1.807, 2.05) is 35.0 Å². The van der Waals surface area contributed by atoms with Crippen LogP contribution in [0.1, 0.15) is 27.5 Å². The van der Waals surface area contributed by atoms with Crippen molar-refractivity contribution < 1.29 is 9.90 Å². The van der Waals surface area contributed by atoms with E-state index in [4.69, 9.17) is 0 Å². The van der Waals surface area contributed by atoms with Gasteiger partial charge in [-0.25, -0.2) is 4.98 Å². The number of hydrogen-bond donors (Lipinski definition) is 1. The van der Waals surface area contributed by atoms with Gasteiger partial charge >= 0.3 is 0 Å². The summed E-state index contributed by atoms with van der Waals surface area (Å²) in [4.78, 5) is 18.9. The molecule has 2 aromatic heterocycles. The number of carbonyl (C=O) groups excluding carboxylic acids is 1. The molecule has 1 aromatic carbocycles. The van der Waals surface area contributed by atoms with Gasteiger partial charge in [-0.15, -0.1) is 0 Å². The van der Waals surface area contributed by atoms with Crippen LogP contribution in [0.25, 0.3) is 5.65 Å². The highest BCUT2D eigenvalue weighted by molar-refractivity contribution is 5.95. The van der Waals surface area contributed by atoms with E-state index in [0.717, 1.165) is 17.6 Å². The van der Waals surface area contributed by atoms with Gasteiger partial charge in [-0.2, -0.15) is 0 Å². The molecule has 1 aliphatic rings. The van der Waals surface area contributed by atoms with Crippen molar-refractivity contribution in [3.63, 3.8) is 0 Å². The number of benzene rings is 1. The van der Waals surface area contributed by atoms with E-state index in [-0.39, 0.29) is 18.6 Å². The molecule has 1 aliphatic heterocycles. The molecule has 3 aromatic rings. The molecule has 1 unspecified atom stereocenters. The lowest BCUT2D eigenvalue weighted by atomic mass is 9.92. The number of aliphatic hydroxyl groups is 1. The predicted molar refractivity (Wildman–Crippen MR) is 86.2 cm³/mol. The summed E-state index contributed by atoms with van der Waals surface area (Å²) in [5.41, 5.74) is 3.59. The molecular formula is C18H17N3O2. The maximum Gasteiger partial charge on any atom is 0.254 e. The molecule has 0 spiro atoms. The van der Waals surface area contributed by atoms with Crippen LogP contribution in [-0.2, 0) is 6.42 Å². The van der Waals surface area contributed by atoms with Gasteiger partial charge < -0.3 is 14.4 Å². The summed E-state index contributed by atoms with van der Waals surface area (Å²) in [6.07, 6.45) is 6.19. The smallest absolute Gasteiger partial charge is 0.254 e. The fraction of sp³-hybridized carbons (Fsp3) is 0.222. The van der Waals surface area contributed by atoms with E-state index in [1.165, 1.54) is 5.56 Å². The molecule has 4 rings (SSSR count). The van der Waals surface area contributed by atoms with Crippen molar-refractivity contribution in [2.24, 2.45) is 0 Å². The quantitative estimate of drug-likeness (QED) is 0.788. The molecule has 5 heteroatoms. The Hall–Kier alpha value is -2.66. The molecule has 3 heterocycles. The molecule has 1 atom stereocenters. The van der Waals surface area contributed by atoms with Crippen molar-refractivity contribution in [3.8, 4) is 0 Å². The highest BCUT2D eigenvalue weighted by Crippen LogP contribution is 2.30. The van der Waals surface area contributed by atoms with E-state index in [1.54, 1.807) is 23.2 Å². The van der Waals surface area contributed by atoms with Crippen LogP contribution < -0.4 is 0 Å². The Morgan fingerprint density at radius 3 is 3.00 bits per heavy atom. The summed E-state index contributed by atoms with van der Waals surface area (Å²) in [5.74, 6) is -0.0657. The number of nitrogens with zero attached hydrogens (tertiary/aromatic N) is 3. The van der Waals surface area contributed by atoms with Gasteiger partial charge in [0.15, 0.2) is 0 Å². The summed E-state index contributed by atoms with van der Waals surface area (Å²) >= 11 is 0. The van der Waals surface area contributed by atoms with Crippen molar-refractivity contribution >= 4 is 11.6 Å². The van der Waals surface area contributed by atoms with Crippen LogP contribution in [0.15, 0.2) is 55.0 Å². The Balaban J connectivity index is 1.70. The number of aromatic nitrogens is 2. The predicted octanol–water partition coefficient (Wildman–Crippen LogP) is 2.07. The van der Waals surface area contributed by atoms with Crippen LogP contribution in [0.5, 0.6) is 0 Å². The van der Waals surface area contributed by atoms with Crippen molar-refractivity contribution in [3.05, 3.63) is 71.7 Å². The molecule has 0 aliphatic carbocycles. The molecule has 0 saturated carbocycles. The second-order valence-electron chi connectivity index (χ2n) is 5.75. The van der Waals surface area contributed by atoms with Crippen LogP contribution in [0.2, 0.25) is 0 Å². The number of aliphatic hydroxyl groups excluding tert-OH is 1. The van der Waals surface area contributed by atoms with Gasteiger partial charge in [-0.3, -0.25) is 4.79 Å². The first-order valence-corrected chi connectivity index (χ1v) is 7.70. The zero-order chi connectivity index (χ0) is 15.8. The number of hydrogen-bond acceptors (Lipinski definition) is 3. The third-order valence-electron chi connectivity index (χ3n) is 4.49. The number of carbonyl (C=O) groups is 1. The minimum atomic E-state index is -0.288. The van der Waals surface area contributed by atoms with Crippen LogP contribution in [0, 0.1) is 0 Å². The highest BCUT2D eigenvalue weighted by Gasteiger charge is 2.30. The summed E-state index contributed by atoms with van der Waals surface area (Å²) in [5, 5.41) is 9.83. The number of pyridine rings is 1. The van der Waals surface area contributed by atoms with E-state index < -0.39 is 0 Å². The topological polar surface area (TPSA) is 57.8 Å². The Morgan fingerprint density at radius 2 is 2.13 bits per heavy atom. The zero-order valence-corrected chi connectivity index (χ0v) is 12.6. The lowest BCUT2D eigenvalue weighted by Crippen LogP contribution is -2.41. The zero-order valence-electron chi connectivity index (χ0n) is 12.6. The molecule has 1 N–H and O–H groups in total. The van der Waals surface area contributed by atoms with Crippen molar-refractivity contribution in [2.45, 2.75) is 12.5 Å². The van der Waals surface area contributed by atoms with Crippen LogP contribution in [-0.4, -0.2) is 38.4 Å². The van der Waals surface area contributed by atoms with Crippen LogP contribution >= 0.6 is 0 Å². The summed E-state index contributed by atoms with van der Waals surface area (Å²) < 4.78 is 1.87. The lowest BCUT2D eigenvalue weighted by molar-refractivity contribution is 0.0568.